The van der Waals surface area contributed by atoms with Crippen LogP contribution in [-0.4, -0.2) is 29.2 Å². The molecule has 0 aliphatic rings. The minimum absolute atomic E-state index is 0.0600. The van der Waals surface area contributed by atoms with Gasteiger partial charge >= 0.3 is 5.97 Å². The van der Waals surface area contributed by atoms with Gasteiger partial charge in [-0.15, -0.1) is 0 Å². The summed E-state index contributed by atoms with van der Waals surface area (Å²) in [4.78, 5) is 20.3. The van der Waals surface area contributed by atoms with Gasteiger partial charge in [-0.2, -0.15) is 4.98 Å². The average molecular weight is 378 g/mol. The second kappa shape index (κ2) is 8.85. The second-order valence-corrected chi connectivity index (χ2v) is 6.25. The van der Waals surface area contributed by atoms with Gasteiger partial charge in [0, 0.05) is 11.9 Å². The van der Waals surface area contributed by atoms with E-state index in [1.54, 1.807) is 36.5 Å². The summed E-state index contributed by atoms with van der Waals surface area (Å²) in [6, 6.07) is 16.3. The predicted octanol–water partition coefficient (Wildman–Crippen LogP) is 4.54. The van der Waals surface area contributed by atoms with E-state index in [0.29, 0.717) is 17.3 Å². The molecule has 7 nitrogen and oxygen atoms in total. The molecule has 28 heavy (non-hydrogen) atoms. The van der Waals surface area contributed by atoms with Crippen LogP contribution >= 0.6 is 0 Å². The average Bonchev–Trinajstić information content (AvgIpc) is 2.69. The first-order chi connectivity index (χ1) is 13.5. The molecule has 7 heteroatoms. The van der Waals surface area contributed by atoms with Crippen molar-refractivity contribution < 1.29 is 14.3 Å². The largest absolute Gasteiger partial charge is 0.489 e. The van der Waals surface area contributed by atoms with Crippen molar-refractivity contribution in [1.29, 1.82) is 0 Å². The van der Waals surface area contributed by atoms with Crippen molar-refractivity contribution in [1.82, 2.24) is 9.97 Å². The van der Waals surface area contributed by atoms with Gasteiger partial charge in [0.15, 0.2) is 0 Å². The zero-order chi connectivity index (χ0) is 19.9. The summed E-state index contributed by atoms with van der Waals surface area (Å²) in [5.41, 5.74) is 2.07. The second-order valence-electron chi connectivity index (χ2n) is 6.25. The van der Waals surface area contributed by atoms with E-state index >= 15 is 0 Å². The van der Waals surface area contributed by atoms with Crippen molar-refractivity contribution in [3.05, 3.63) is 66.4 Å². The molecule has 0 aliphatic heterocycles. The number of anilines is 4. The molecule has 3 aromatic rings. The van der Waals surface area contributed by atoms with Gasteiger partial charge in [0.05, 0.1) is 24.5 Å². The normalized spacial score (nSPS) is 10.4. The Hall–Kier alpha value is -3.61. The van der Waals surface area contributed by atoms with E-state index in [4.69, 9.17) is 9.47 Å². The summed E-state index contributed by atoms with van der Waals surface area (Å²) < 4.78 is 10.5. The Morgan fingerprint density at radius 1 is 1.00 bits per heavy atom. The molecule has 1 heterocycles. The molecule has 0 unspecified atom stereocenters. The molecule has 0 amide bonds. The number of esters is 1. The Kier molecular flexibility index (Phi) is 6.06. The number of para-hydroxylation sites is 2. The highest BCUT2D eigenvalue weighted by molar-refractivity contribution is 5.89. The van der Waals surface area contributed by atoms with Crippen LogP contribution in [0.5, 0.6) is 5.75 Å². The number of rotatable bonds is 7. The fourth-order valence-electron chi connectivity index (χ4n) is 2.49. The third-order valence-electron chi connectivity index (χ3n) is 3.73. The van der Waals surface area contributed by atoms with Crippen LogP contribution in [0.15, 0.2) is 60.8 Å². The molecule has 0 aliphatic carbocycles. The van der Waals surface area contributed by atoms with E-state index in [0.717, 1.165) is 17.1 Å². The fraction of sp³-hybridized carbons (Fsp3) is 0.190. The predicted molar refractivity (Wildman–Crippen MR) is 109 cm³/mol. The lowest BCUT2D eigenvalue weighted by molar-refractivity contribution is 0.0601. The minimum atomic E-state index is -0.373. The number of hydrogen-bond donors (Lipinski definition) is 2. The van der Waals surface area contributed by atoms with Crippen LogP contribution in [0.4, 0.5) is 23.1 Å². The van der Waals surface area contributed by atoms with E-state index in [1.165, 1.54) is 7.11 Å². The summed E-state index contributed by atoms with van der Waals surface area (Å²) in [7, 11) is 1.36. The molecular formula is C21H22N4O3. The maximum atomic E-state index is 11.5. The number of carbonyl (C=O) groups excluding carboxylic acids is 1. The molecule has 2 N–H and O–H groups in total. The number of ether oxygens (including phenoxy) is 2. The highest BCUT2D eigenvalue weighted by Gasteiger charge is 2.08. The maximum absolute atomic E-state index is 11.5. The van der Waals surface area contributed by atoms with Gasteiger partial charge in [0.1, 0.15) is 11.6 Å². The Morgan fingerprint density at radius 2 is 1.75 bits per heavy atom. The van der Waals surface area contributed by atoms with Crippen molar-refractivity contribution in [3.63, 3.8) is 0 Å². The Balaban J connectivity index is 1.74. The molecule has 3 rings (SSSR count). The summed E-state index contributed by atoms with van der Waals surface area (Å²) >= 11 is 0. The van der Waals surface area contributed by atoms with Crippen molar-refractivity contribution >= 4 is 29.1 Å². The maximum Gasteiger partial charge on any atom is 0.337 e. The monoisotopic (exact) mass is 378 g/mol. The van der Waals surface area contributed by atoms with Crippen LogP contribution in [0.1, 0.15) is 24.2 Å². The van der Waals surface area contributed by atoms with Gasteiger partial charge in [0.25, 0.3) is 0 Å². The lowest BCUT2D eigenvalue weighted by atomic mass is 10.2. The van der Waals surface area contributed by atoms with Gasteiger partial charge in [-0.05, 0) is 56.3 Å². The molecule has 0 atom stereocenters. The van der Waals surface area contributed by atoms with E-state index < -0.39 is 0 Å². The Morgan fingerprint density at radius 3 is 2.46 bits per heavy atom. The smallest absolute Gasteiger partial charge is 0.337 e. The van der Waals surface area contributed by atoms with Gasteiger partial charge in [-0.3, -0.25) is 0 Å². The van der Waals surface area contributed by atoms with Crippen LogP contribution in [0.25, 0.3) is 0 Å². The molecule has 0 bridgehead atoms. The highest BCUT2D eigenvalue weighted by Crippen LogP contribution is 2.27. The molecule has 0 saturated heterocycles. The van der Waals surface area contributed by atoms with Gasteiger partial charge in [-0.1, -0.05) is 12.1 Å². The number of methoxy groups -OCH3 is 1. The third kappa shape index (κ3) is 4.97. The molecule has 1 aromatic heterocycles. The van der Waals surface area contributed by atoms with E-state index in [1.807, 2.05) is 38.1 Å². The van der Waals surface area contributed by atoms with Crippen molar-refractivity contribution in [2.75, 3.05) is 17.7 Å². The van der Waals surface area contributed by atoms with Gasteiger partial charge < -0.3 is 20.1 Å². The quantitative estimate of drug-likeness (QED) is 0.584. The third-order valence-corrected chi connectivity index (χ3v) is 3.73. The molecular weight excluding hydrogens is 356 g/mol. The van der Waals surface area contributed by atoms with Crippen molar-refractivity contribution in [3.8, 4) is 5.75 Å². The lowest BCUT2D eigenvalue weighted by Gasteiger charge is -2.15. The summed E-state index contributed by atoms with van der Waals surface area (Å²) in [5.74, 6) is 1.42. The molecule has 0 fully saturated rings. The number of aromatic nitrogens is 2. The first kappa shape index (κ1) is 19.2. The van der Waals surface area contributed by atoms with Crippen LogP contribution in [0.2, 0.25) is 0 Å². The number of nitrogens with zero attached hydrogens (tertiary/aromatic N) is 2. The van der Waals surface area contributed by atoms with E-state index in [9.17, 15) is 4.79 Å². The molecule has 0 spiro atoms. The Labute approximate surface area is 163 Å². The first-order valence-corrected chi connectivity index (χ1v) is 8.86. The standard InChI is InChI=1S/C21H22N4O3/c1-14(2)28-18-7-5-4-6-17(18)24-21-22-13-12-19(25-21)23-16-10-8-15(9-11-16)20(26)27-3/h4-14H,1-3H3,(H2,22,23,24,25). The minimum Gasteiger partial charge on any atom is -0.489 e. The van der Waals surface area contributed by atoms with Gasteiger partial charge in [-0.25, -0.2) is 9.78 Å². The fourth-order valence-corrected chi connectivity index (χ4v) is 2.49. The SMILES string of the molecule is COC(=O)c1ccc(Nc2ccnc(Nc3ccccc3OC(C)C)n2)cc1. The number of benzene rings is 2. The summed E-state index contributed by atoms with van der Waals surface area (Å²) in [6.45, 7) is 3.95. The number of carbonyl (C=O) groups is 1. The zero-order valence-electron chi connectivity index (χ0n) is 16.0. The first-order valence-electron chi connectivity index (χ1n) is 8.86. The van der Waals surface area contributed by atoms with E-state index in [-0.39, 0.29) is 12.1 Å². The Bertz CT molecular complexity index is 942. The molecule has 144 valence electrons. The molecule has 0 radical (unpaired) electrons. The number of hydrogen-bond acceptors (Lipinski definition) is 7. The summed E-state index contributed by atoms with van der Waals surface area (Å²) in [6.07, 6.45) is 1.72. The molecule has 2 aromatic carbocycles. The van der Waals surface area contributed by atoms with Crippen LogP contribution in [0, 0.1) is 0 Å². The van der Waals surface area contributed by atoms with Crippen molar-refractivity contribution in [2.24, 2.45) is 0 Å². The zero-order valence-corrected chi connectivity index (χ0v) is 16.0. The van der Waals surface area contributed by atoms with Crippen molar-refractivity contribution in [2.45, 2.75) is 20.0 Å². The summed E-state index contributed by atoms with van der Waals surface area (Å²) in [5, 5.41) is 6.37. The topological polar surface area (TPSA) is 85.4 Å². The number of nitrogens with one attached hydrogen (secondary N) is 2. The molecule has 0 saturated carbocycles. The highest BCUT2D eigenvalue weighted by atomic mass is 16.5. The lowest BCUT2D eigenvalue weighted by Crippen LogP contribution is -2.08. The van der Waals surface area contributed by atoms with Crippen LogP contribution < -0.4 is 15.4 Å². The van der Waals surface area contributed by atoms with Crippen LogP contribution in [0.3, 0.4) is 0 Å². The van der Waals surface area contributed by atoms with Gasteiger partial charge in [0.2, 0.25) is 5.95 Å². The van der Waals surface area contributed by atoms with E-state index in [2.05, 4.69) is 20.6 Å². The van der Waals surface area contributed by atoms with Crippen LogP contribution in [-0.2, 0) is 4.74 Å².